The lowest BCUT2D eigenvalue weighted by Crippen LogP contribution is -2.09. The van der Waals surface area contributed by atoms with Gasteiger partial charge < -0.3 is 9.84 Å². The summed E-state index contributed by atoms with van der Waals surface area (Å²) in [6.07, 6.45) is -4.50. The van der Waals surface area contributed by atoms with Crippen LogP contribution in [0, 0.1) is 0 Å². The second-order valence-corrected chi connectivity index (χ2v) is 4.68. The van der Waals surface area contributed by atoms with Gasteiger partial charge in [0.2, 0.25) is 0 Å². The largest absolute Gasteiger partial charge is 0.389 e. The molecule has 1 aromatic heterocycles. The maximum atomic E-state index is 12.1. The SMILES string of the molecule is FC(F)(F)CCc1noc(-c2ccc3c(c2)CCN3)n1. The minimum Gasteiger partial charge on any atom is -0.384 e. The van der Waals surface area contributed by atoms with E-state index in [1.54, 1.807) is 0 Å². The lowest BCUT2D eigenvalue weighted by atomic mass is 10.1. The molecule has 2 heterocycles. The molecular formula is C13H12F3N3O. The van der Waals surface area contributed by atoms with Crippen molar-refractivity contribution in [2.75, 3.05) is 11.9 Å². The van der Waals surface area contributed by atoms with Crippen molar-refractivity contribution in [1.82, 2.24) is 10.1 Å². The molecule has 106 valence electrons. The molecule has 4 nitrogen and oxygen atoms in total. The third kappa shape index (κ3) is 2.76. The summed E-state index contributed by atoms with van der Waals surface area (Å²) in [7, 11) is 0. The number of nitrogens with one attached hydrogen (secondary N) is 1. The maximum Gasteiger partial charge on any atom is 0.389 e. The summed E-state index contributed by atoms with van der Waals surface area (Å²) in [4.78, 5) is 4.01. The molecular weight excluding hydrogens is 271 g/mol. The van der Waals surface area contributed by atoms with E-state index >= 15 is 0 Å². The molecule has 1 N–H and O–H groups in total. The Kier molecular flexibility index (Phi) is 3.11. The molecule has 20 heavy (non-hydrogen) atoms. The molecule has 2 aromatic rings. The van der Waals surface area contributed by atoms with E-state index in [1.165, 1.54) is 0 Å². The van der Waals surface area contributed by atoms with Crippen molar-refractivity contribution in [2.24, 2.45) is 0 Å². The van der Waals surface area contributed by atoms with Gasteiger partial charge in [0.15, 0.2) is 5.82 Å². The summed E-state index contributed by atoms with van der Waals surface area (Å²) in [6.45, 7) is 0.888. The van der Waals surface area contributed by atoms with Gasteiger partial charge in [-0.3, -0.25) is 0 Å². The van der Waals surface area contributed by atoms with Crippen molar-refractivity contribution in [3.63, 3.8) is 0 Å². The summed E-state index contributed by atoms with van der Waals surface area (Å²) >= 11 is 0. The predicted octanol–water partition coefficient (Wildman–Crippen LogP) is 3.20. The van der Waals surface area contributed by atoms with Crippen LogP contribution in [-0.2, 0) is 12.8 Å². The summed E-state index contributed by atoms with van der Waals surface area (Å²) < 4.78 is 41.4. The molecule has 0 unspecified atom stereocenters. The Morgan fingerprint density at radius 3 is 2.95 bits per heavy atom. The van der Waals surface area contributed by atoms with Crippen LogP contribution in [0.5, 0.6) is 0 Å². The number of rotatable bonds is 3. The number of hydrogen-bond donors (Lipinski definition) is 1. The van der Waals surface area contributed by atoms with Crippen molar-refractivity contribution >= 4 is 5.69 Å². The first kappa shape index (κ1) is 13.0. The second kappa shape index (κ2) is 4.81. The Balaban J connectivity index is 1.76. The van der Waals surface area contributed by atoms with Crippen LogP contribution in [0.25, 0.3) is 11.5 Å². The highest BCUT2D eigenvalue weighted by Crippen LogP contribution is 2.28. The summed E-state index contributed by atoms with van der Waals surface area (Å²) in [5, 5.41) is 6.82. The minimum absolute atomic E-state index is 0.0796. The van der Waals surface area contributed by atoms with Gasteiger partial charge >= 0.3 is 6.18 Å². The van der Waals surface area contributed by atoms with Crippen LogP contribution in [0.1, 0.15) is 17.8 Å². The van der Waals surface area contributed by atoms with Gasteiger partial charge in [0.05, 0.1) is 6.42 Å². The molecule has 0 bridgehead atoms. The molecule has 0 radical (unpaired) electrons. The smallest absolute Gasteiger partial charge is 0.384 e. The molecule has 0 saturated carbocycles. The van der Waals surface area contributed by atoms with Crippen LogP contribution in [-0.4, -0.2) is 22.9 Å². The number of halogens is 3. The number of aromatic nitrogens is 2. The second-order valence-electron chi connectivity index (χ2n) is 4.68. The van der Waals surface area contributed by atoms with Gasteiger partial charge in [-0.2, -0.15) is 18.2 Å². The standard InChI is InChI=1S/C13H12F3N3O/c14-13(15,16)5-3-11-18-12(20-19-11)9-1-2-10-8(7-9)4-6-17-10/h1-2,7,17H,3-6H2. The minimum atomic E-state index is -4.21. The zero-order valence-electron chi connectivity index (χ0n) is 10.5. The molecule has 0 atom stereocenters. The average Bonchev–Trinajstić information content (AvgIpc) is 3.03. The first-order valence-corrected chi connectivity index (χ1v) is 6.28. The average molecular weight is 283 g/mol. The van der Waals surface area contributed by atoms with Gasteiger partial charge in [-0.05, 0) is 30.2 Å². The zero-order valence-corrected chi connectivity index (χ0v) is 10.5. The molecule has 1 aliphatic rings. The number of alkyl halides is 3. The Morgan fingerprint density at radius 2 is 2.15 bits per heavy atom. The maximum absolute atomic E-state index is 12.1. The predicted molar refractivity (Wildman–Crippen MR) is 66.3 cm³/mol. The monoisotopic (exact) mass is 283 g/mol. The molecule has 1 aliphatic heterocycles. The van der Waals surface area contributed by atoms with Crippen LogP contribution in [0.2, 0.25) is 0 Å². The van der Waals surface area contributed by atoms with Gasteiger partial charge in [0.25, 0.3) is 5.89 Å². The van der Waals surface area contributed by atoms with Crippen molar-refractivity contribution in [2.45, 2.75) is 25.4 Å². The molecule has 0 saturated heterocycles. The fraction of sp³-hybridized carbons (Fsp3) is 0.385. The van der Waals surface area contributed by atoms with Crippen molar-refractivity contribution < 1.29 is 17.7 Å². The lowest BCUT2D eigenvalue weighted by Gasteiger charge is -2.02. The highest BCUT2D eigenvalue weighted by Gasteiger charge is 2.27. The topological polar surface area (TPSA) is 51.0 Å². The Hall–Kier alpha value is -2.05. The number of aryl methyl sites for hydroxylation is 1. The fourth-order valence-electron chi connectivity index (χ4n) is 2.16. The van der Waals surface area contributed by atoms with Crippen molar-refractivity contribution in [3.05, 3.63) is 29.6 Å². The Bertz CT molecular complexity index is 622. The van der Waals surface area contributed by atoms with E-state index in [0.29, 0.717) is 0 Å². The van der Waals surface area contributed by atoms with E-state index in [0.717, 1.165) is 29.8 Å². The molecule has 0 spiro atoms. The van der Waals surface area contributed by atoms with E-state index in [9.17, 15) is 13.2 Å². The first-order chi connectivity index (χ1) is 9.51. The molecule has 0 fully saturated rings. The normalized spacial score (nSPS) is 14.2. The van der Waals surface area contributed by atoms with Gasteiger partial charge in [-0.1, -0.05) is 5.16 Å². The van der Waals surface area contributed by atoms with Gasteiger partial charge in [0.1, 0.15) is 0 Å². The molecule has 3 rings (SSSR count). The molecule has 7 heteroatoms. The van der Waals surface area contributed by atoms with E-state index in [-0.39, 0.29) is 18.1 Å². The summed E-state index contributed by atoms with van der Waals surface area (Å²) in [5.41, 5.74) is 2.96. The molecule has 0 aliphatic carbocycles. The number of anilines is 1. The number of hydrogen-bond acceptors (Lipinski definition) is 4. The third-order valence-electron chi connectivity index (χ3n) is 3.16. The zero-order chi connectivity index (χ0) is 14.2. The third-order valence-corrected chi connectivity index (χ3v) is 3.16. The van der Waals surface area contributed by atoms with Gasteiger partial charge in [-0.25, -0.2) is 0 Å². The quantitative estimate of drug-likeness (QED) is 0.939. The fourth-order valence-corrected chi connectivity index (χ4v) is 2.16. The number of fused-ring (bicyclic) bond motifs is 1. The number of benzene rings is 1. The lowest BCUT2D eigenvalue weighted by molar-refractivity contribution is -0.134. The van der Waals surface area contributed by atoms with E-state index in [2.05, 4.69) is 15.5 Å². The Morgan fingerprint density at radius 1 is 1.30 bits per heavy atom. The van der Waals surface area contributed by atoms with Crippen LogP contribution >= 0.6 is 0 Å². The van der Waals surface area contributed by atoms with E-state index in [4.69, 9.17) is 4.52 Å². The summed E-state index contributed by atoms with van der Waals surface area (Å²) in [5.74, 6) is 0.341. The Labute approximate surface area is 113 Å². The van der Waals surface area contributed by atoms with Crippen molar-refractivity contribution in [1.29, 1.82) is 0 Å². The van der Waals surface area contributed by atoms with Gasteiger partial charge in [-0.15, -0.1) is 0 Å². The molecule has 1 aromatic carbocycles. The van der Waals surface area contributed by atoms with Gasteiger partial charge in [0, 0.05) is 24.2 Å². The van der Waals surface area contributed by atoms with Crippen LogP contribution in [0.3, 0.4) is 0 Å². The number of nitrogens with zero attached hydrogens (tertiary/aromatic N) is 2. The van der Waals surface area contributed by atoms with E-state index < -0.39 is 12.6 Å². The van der Waals surface area contributed by atoms with Crippen molar-refractivity contribution in [3.8, 4) is 11.5 Å². The van der Waals surface area contributed by atoms with E-state index in [1.807, 2.05) is 18.2 Å². The van der Waals surface area contributed by atoms with Crippen LogP contribution in [0.15, 0.2) is 22.7 Å². The molecule has 0 amide bonds. The van der Waals surface area contributed by atoms with Crippen LogP contribution < -0.4 is 5.32 Å². The highest BCUT2D eigenvalue weighted by molar-refractivity contribution is 5.64. The van der Waals surface area contributed by atoms with Crippen LogP contribution in [0.4, 0.5) is 18.9 Å². The highest BCUT2D eigenvalue weighted by atomic mass is 19.4. The first-order valence-electron chi connectivity index (χ1n) is 6.28. The summed E-state index contributed by atoms with van der Waals surface area (Å²) in [6, 6.07) is 5.66.